The molecule has 0 bridgehead atoms. The van der Waals surface area contributed by atoms with Gasteiger partial charge in [-0.15, -0.1) is 11.3 Å². The highest BCUT2D eigenvalue weighted by atomic mass is 32.1. The van der Waals surface area contributed by atoms with Crippen LogP contribution in [0.15, 0.2) is 29.6 Å². The molecule has 1 aliphatic heterocycles. The van der Waals surface area contributed by atoms with Crippen molar-refractivity contribution in [2.45, 2.75) is 183 Å². The number of carboxylic acids is 1. The highest BCUT2D eigenvalue weighted by Gasteiger charge is 2.39. The molecule has 0 unspecified atom stereocenters. The number of nitrogens with zero attached hydrogens (tertiary/aromatic N) is 3. The number of likely N-dealkylation sites (tertiary alicyclic amines) is 1. The van der Waals surface area contributed by atoms with Gasteiger partial charge in [0.25, 0.3) is 5.91 Å². The number of alkyl carbamates (subject to hydrolysis) is 1. The number of unbranched alkanes of at least 4 members (excludes halogenated alkanes) is 3. The first-order valence-electron chi connectivity index (χ1n) is 24.3. The number of aromatic hydroxyl groups is 1. The van der Waals surface area contributed by atoms with E-state index in [1.165, 1.54) is 11.3 Å². The molecule has 0 aliphatic carbocycles. The van der Waals surface area contributed by atoms with Gasteiger partial charge >= 0.3 is 12.1 Å². The van der Waals surface area contributed by atoms with Crippen LogP contribution in [0.25, 0.3) is 0 Å². The Kier molecular flexibility index (Phi) is 22.8. The summed E-state index contributed by atoms with van der Waals surface area (Å²) < 4.78 is 11.8. The summed E-state index contributed by atoms with van der Waals surface area (Å²) in [6.07, 6.45) is 6.87. The van der Waals surface area contributed by atoms with Crippen molar-refractivity contribution in [1.29, 1.82) is 0 Å². The molecule has 5 N–H and O–H groups in total. The highest BCUT2D eigenvalue weighted by Crippen LogP contribution is 2.32. The molecule has 4 amide bonds. The number of carbonyl (C=O) groups excluding carboxylic acids is 4. The minimum Gasteiger partial charge on any atom is -0.508 e. The Morgan fingerprint density at radius 3 is 2.27 bits per heavy atom. The van der Waals surface area contributed by atoms with E-state index in [1.54, 1.807) is 43.5 Å². The second-order valence-electron chi connectivity index (χ2n) is 19.9. The number of carboxylic acid groups (broad SMARTS) is 1. The van der Waals surface area contributed by atoms with Crippen molar-refractivity contribution in [3.8, 4) is 5.75 Å². The number of hydrogen-bond acceptors (Lipinski definition) is 11. The van der Waals surface area contributed by atoms with E-state index < -0.39 is 53.2 Å². The van der Waals surface area contributed by atoms with Gasteiger partial charge in [-0.2, -0.15) is 0 Å². The lowest BCUT2D eigenvalue weighted by Gasteiger charge is -2.40. The lowest BCUT2D eigenvalue weighted by molar-refractivity contribution is -0.147. The second-order valence-corrected chi connectivity index (χ2v) is 20.8. The SMILES string of the molecule is CCCCCCN(C(=O)[C@@H](NC(=O)[C@H]1CCCCN1CCNC(=O)OC(C)(C)C)[C@@H](C)CC)[C@H](C[C@@H](OCC)c1nc(C(=O)N[C@@H](Cc2ccc(O)cc2)CC(C)(C)C(=O)O)cs1)C(C)C. The molecule has 2 aromatic rings. The summed E-state index contributed by atoms with van der Waals surface area (Å²) in [5.74, 6) is -1.76. The van der Waals surface area contributed by atoms with Crippen LogP contribution in [0.1, 0.15) is 168 Å². The van der Waals surface area contributed by atoms with Gasteiger partial charge in [0.1, 0.15) is 34.2 Å². The van der Waals surface area contributed by atoms with Crippen LogP contribution < -0.4 is 16.0 Å². The number of carbonyl (C=O) groups is 5. The second kappa shape index (κ2) is 26.9. The summed E-state index contributed by atoms with van der Waals surface area (Å²) in [7, 11) is 0. The molecule has 1 saturated heterocycles. The van der Waals surface area contributed by atoms with Gasteiger partial charge in [0, 0.05) is 50.1 Å². The first kappa shape index (κ1) is 56.0. The number of aliphatic carboxylic acids is 1. The Labute approximate surface area is 398 Å². The predicted molar refractivity (Wildman–Crippen MR) is 260 cm³/mol. The number of thiazole rings is 1. The number of piperidine rings is 1. The molecule has 3 rings (SSSR count). The van der Waals surface area contributed by atoms with Crippen LogP contribution in [0.2, 0.25) is 0 Å². The molecule has 66 heavy (non-hydrogen) atoms. The summed E-state index contributed by atoms with van der Waals surface area (Å²) in [5, 5.41) is 31.1. The number of phenolic OH excluding ortho intramolecular Hbond substituents is 1. The van der Waals surface area contributed by atoms with Gasteiger partial charge in [-0.05, 0) is 110 Å². The molecule has 0 spiro atoms. The molecule has 372 valence electrons. The molecule has 16 heteroatoms. The van der Waals surface area contributed by atoms with Crippen LogP contribution in [-0.2, 0) is 30.3 Å². The van der Waals surface area contributed by atoms with E-state index in [0.29, 0.717) is 63.5 Å². The third-order valence-electron chi connectivity index (χ3n) is 12.4. The summed E-state index contributed by atoms with van der Waals surface area (Å²) in [5.41, 5.74) is -0.719. The van der Waals surface area contributed by atoms with Crippen LogP contribution in [0, 0.1) is 17.3 Å². The average Bonchev–Trinajstić information content (AvgIpc) is 3.75. The zero-order valence-corrected chi connectivity index (χ0v) is 42.6. The average molecular weight is 943 g/mol. The lowest BCUT2D eigenvalue weighted by atomic mass is 9.84. The molecule has 2 heterocycles. The number of amides is 4. The van der Waals surface area contributed by atoms with E-state index in [2.05, 4.69) is 41.6 Å². The number of phenols is 1. The lowest BCUT2D eigenvalue weighted by Crippen LogP contribution is -2.59. The Hall–Kier alpha value is -4.28. The van der Waals surface area contributed by atoms with Gasteiger partial charge in [0.2, 0.25) is 11.8 Å². The predicted octanol–water partition coefficient (Wildman–Crippen LogP) is 8.50. The zero-order chi connectivity index (χ0) is 49.2. The van der Waals surface area contributed by atoms with Gasteiger partial charge in [-0.1, -0.05) is 78.9 Å². The molecular weight excluding hydrogens is 861 g/mol. The number of hydrogen-bond donors (Lipinski definition) is 5. The number of ether oxygens (including phenoxy) is 2. The van der Waals surface area contributed by atoms with Crippen molar-refractivity contribution in [2.75, 3.05) is 32.8 Å². The van der Waals surface area contributed by atoms with Crippen molar-refractivity contribution in [2.24, 2.45) is 17.3 Å². The highest BCUT2D eigenvalue weighted by molar-refractivity contribution is 7.09. The third-order valence-corrected chi connectivity index (χ3v) is 13.3. The van der Waals surface area contributed by atoms with E-state index >= 15 is 4.79 Å². The Morgan fingerprint density at radius 2 is 1.67 bits per heavy atom. The minimum absolute atomic E-state index is 0.00338. The summed E-state index contributed by atoms with van der Waals surface area (Å²) in [6.45, 7) is 23.4. The first-order valence-corrected chi connectivity index (χ1v) is 25.2. The summed E-state index contributed by atoms with van der Waals surface area (Å²) >= 11 is 1.31. The number of aromatic nitrogens is 1. The summed E-state index contributed by atoms with van der Waals surface area (Å²) in [4.78, 5) is 76.6. The standard InChI is InChI=1S/C50H82N6O9S/c1-12-15-16-18-27-56(46(60)42(34(6)13-2)54-44(59)39-20-17-19-26-55(39)28-25-51-48(63)65-49(7,8)9)40(33(4)5)30-41(64-14-3)45-53-38(32-66-45)43(58)52-36(31-50(10,11)47(61)62)29-35-21-23-37(57)24-22-35/h21-24,32-34,36,39-42,57H,12-20,25-31H2,1-11H3,(H,51,63)(H,52,58)(H,54,59)(H,61,62)/t34-,36-,39+,40+,41+,42-/m0/s1. The largest absolute Gasteiger partial charge is 0.508 e. The third kappa shape index (κ3) is 18.1. The molecule has 1 fully saturated rings. The first-order chi connectivity index (χ1) is 31.1. The van der Waals surface area contributed by atoms with Crippen LogP contribution >= 0.6 is 11.3 Å². The Bertz CT molecular complexity index is 1830. The molecule has 1 aromatic carbocycles. The van der Waals surface area contributed by atoms with Gasteiger partial charge in [-0.3, -0.25) is 24.1 Å². The maximum Gasteiger partial charge on any atom is 0.407 e. The van der Waals surface area contributed by atoms with Crippen LogP contribution in [0.3, 0.4) is 0 Å². The van der Waals surface area contributed by atoms with Gasteiger partial charge in [0.05, 0.1) is 11.5 Å². The minimum atomic E-state index is -1.12. The molecule has 0 saturated carbocycles. The van der Waals surface area contributed by atoms with Gasteiger partial charge in [0.15, 0.2) is 0 Å². The van der Waals surface area contributed by atoms with Crippen molar-refractivity contribution in [3.63, 3.8) is 0 Å². The topological polar surface area (TPSA) is 200 Å². The molecule has 15 nitrogen and oxygen atoms in total. The van der Waals surface area contributed by atoms with E-state index in [4.69, 9.17) is 14.5 Å². The number of rotatable bonds is 27. The molecular formula is C50H82N6O9S. The van der Waals surface area contributed by atoms with Crippen LogP contribution in [0.5, 0.6) is 5.75 Å². The monoisotopic (exact) mass is 943 g/mol. The Balaban J connectivity index is 1.89. The van der Waals surface area contributed by atoms with Crippen LogP contribution in [-0.4, -0.2) is 117 Å². The Morgan fingerprint density at radius 1 is 0.970 bits per heavy atom. The molecule has 1 aliphatic rings. The zero-order valence-electron chi connectivity index (χ0n) is 41.7. The molecule has 0 radical (unpaired) electrons. The number of nitrogens with one attached hydrogen (secondary N) is 3. The smallest absolute Gasteiger partial charge is 0.407 e. The maximum atomic E-state index is 15.2. The normalized spacial score (nSPS) is 17.0. The maximum absolute atomic E-state index is 15.2. The fourth-order valence-corrected chi connectivity index (χ4v) is 9.30. The van der Waals surface area contributed by atoms with E-state index in [9.17, 15) is 29.4 Å². The fourth-order valence-electron chi connectivity index (χ4n) is 8.44. The van der Waals surface area contributed by atoms with E-state index in [0.717, 1.165) is 44.1 Å². The molecule has 6 atom stereocenters. The van der Waals surface area contributed by atoms with Crippen molar-refractivity contribution in [3.05, 3.63) is 45.9 Å². The number of benzene rings is 1. The fraction of sp³-hybridized carbons (Fsp3) is 0.720. The van der Waals surface area contributed by atoms with E-state index in [1.807, 2.05) is 46.4 Å². The van der Waals surface area contributed by atoms with Gasteiger partial charge < -0.3 is 40.5 Å². The van der Waals surface area contributed by atoms with Gasteiger partial charge in [-0.25, -0.2) is 9.78 Å². The van der Waals surface area contributed by atoms with Crippen molar-refractivity contribution < 1.29 is 43.7 Å². The van der Waals surface area contributed by atoms with Crippen LogP contribution in [0.4, 0.5) is 4.79 Å². The molecule has 1 aromatic heterocycles. The van der Waals surface area contributed by atoms with E-state index in [-0.39, 0.29) is 47.6 Å². The van der Waals surface area contributed by atoms with Crippen molar-refractivity contribution >= 4 is 41.1 Å². The quantitative estimate of drug-likeness (QED) is 0.0538. The van der Waals surface area contributed by atoms with Crippen molar-refractivity contribution in [1.82, 2.24) is 30.7 Å². The summed E-state index contributed by atoms with van der Waals surface area (Å²) in [6, 6.07) is 4.58.